The maximum atomic E-state index is 3.89. The standard InChI is InChI=1S/C15H30N2/c1-7-11-15(14(10-4)16-5)17(6)12-13(8-2)9-3/h10,13,16H,4,7-9,11-12H2,1-3,5-6H3/b15-14+. The van der Waals surface area contributed by atoms with Gasteiger partial charge in [-0.3, -0.25) is 0 Å². The molecule has 100 valence electrons. The van der Waals surface area contributed by atoms with E-state index in [2.05, 4.69) is 44.6 Å². The van der Waals surface area contributed by atoms with Crippen LogP contribution < -0.4 is 5.32 Å². The normalized spacial score (nSPS) is 12.4. The molecule has 0 aromatic heterocycles. The average molecular weight is 238 g/mol. The number of likely N-dealkylation sites (N-methyl/N-ethyl adjacent to an activating group) is 1. The summed E-state index contributed by atoms with van der Waals surface area (Å²) in [6.45, 7) is 11.8. The van der Waals surface area contributed by atoms with Crippen LogP contribution in [0.2, 0.25) is 0 Å². The zero-order valence-electron chi connectivity index (χ0n) is 12.3. The summed E-state index contributed by atoms with van der Waals surface area (Å²) in [6, 6.07) is 0. The van der Waals surface area contributed by atoms with Gasteiger partial charge in [0.05, 0.1) is 5.70 Å². The number of hydrogen-bond acceptors (Lipinski definition) is 2. The van der Waals surface area contributed by atoms with E-state index >= 15 is 0 Å². The van der Waals surface area contributed by atoms with Gasteiger partial charge in [0.25, 0.3) is 0 Å². The van der Waals surface area contributed by atoms with Crippen molar-refractivity contribution in [2.45, 2.75) is 46.5 Å². The highest BCUT2D eigenvalue weighted by Gasteiger charge is 2.12. The van der Waals surface area contributed by atoms with Gasteiger partial charge in [0.2, 0.25) is 0 Å². The first kappa shape index (κ1) is 16.1. The van der Waals surface area contributed by atoms with E-state index in [4.69, 9.17) is 0 Å². The first-order chi connectivity index (χ1) is 8.14. The molecule has 0 spiro atoms. The molecule has 17 heavy (non-hydrogen) atoms. The lowest BCUT2D eigenvalue weighted by atomic mass is 10.0. The molecular weight excluding hydrogens is 208 g/mol. The summed E-state index contributed by atoms with van der Waals surface area (Å²) in [5.74, 6) is 0.787. The maximum Gasteiger partial charge on any atom is 0.0526 e. The van der Waals surface area contributed by atoms with E-state index < -0.39 is 0 Å². The molecule has 0 rings (SSSR count). The fraction of sp³-hybridized carbons (Fsp3) is 0.733. The van der Waals surface area contributed by atoms with Crippen LogP contribution in [-0.4, -0.2) is 25.5 Å². The molecule has 0 aliphatic heterocycles. The second-order valence-corrected chi connectivity index (χ2v) is 4.63. The molecule has 0 aliphatic carbocycles. The Morgan fingerprint density at radius 2 is 1.88 bits per heavy atom. The van der Waals surface area contributed by atoms with Gasteiger partial charge in [0.1, 0.15) is 0 Å². The van der Waals surface area contributed by atoms with Gasteiger partial charge in [-0.1, -0.05) is 46.6 Å². The molecule has 0 bridgehead atoms. The van der Waals surface area contributed by atoms with Crippen molar-refractivity contribution in [3.63, 3.8) is 0 Å². The highest BCUT2D eigenvalue weighted by Crippen LogP contribution is 2.18. The average Bonchev–Trinajstić information content (AvgIpc) is 2.35. The molecule has 0 aromatic carbocycles. The third kappa shape index (κ3) is 5.29. The Labute approximate surface area is 108 Å². The SMILES string of the molecule is C=C/C(NC)=C(/CCC)N(C)CC(CC)CC. The quantitative estimate of drug-likeness (QED) is 0.615. The van der Waals surface area contributed by atoms with Gasteiger partial charge in [0, 0.05) is 26.3 Å². The van der Waals surface area contributed by atoms with E-state index in [1.165, 1.54) is 30.7 Å². The number of hydrogen-bond donors (Lipinski definition) is 1. The molecule has 0 radical (unpaired) electrons. The lowest BCUT2D eigenvalue weighted by Gasteiger charge is -2.28. The van der Waals surface area contributed by atoms with Crippen molar-refractivity contribution in [2.24, 2.45) is 5.92 Å². The van der Waals surface area contributed by atoms with Crippen LogP contribution in [0.4, 0.5) is 0 Å². The number of allylic oxidation sites excluding steroid dienone is 2. The number of nitrogens with zero attached hydrogens (tertiary/aromatic N) is 1. The minimum atomic E-state index is 0.787. The summed E-state index contributed by atoms with van der Waals surface area (Å²) < 4.78 is 0. The number of nitrogens with one attached hydrogen (secondary N) is 1. The summed E-state index contributed by atoms with van der Waals surface area (Å²) in [4.78, 5) is 2.40. The van der Waals surface area contributed by atoms with Crippen molar-refractivity contribution >= 4 is 0 Å². The van der Waals surface area contributed by atoms with E-state index in [1.54, 1.807) is 0 Å². The molecule has 0 aliphatic rings. The summed E-state index contributed by atoms with van der Waals surface area (Å²) in [7, 11) is 4.17. The first-order valence-electron chi connectivity index (χ1n) is 6.88. The topological polar surface area (TPSA) is 15.3 Å². The lowest BCUT2D eigenvalue weighted by molar-refractivity contribution is 0.307. The van der Waals surface area contributed by atoms with Crippen LogP contribution in [-0.2, 0) is 0 Å². The largest absolute Gasteiger partial charge is 0.387 e. The predicted octanol–water partition coefficient (Wildman–Crippen LogP) is 3.77. The molecule has 0 amide bonds. The van der Waals surface area contributed by atoms with Gasteiger partial charge < -0.3 is 10.2 Å². The summed E-state index contributed by atoms with van der Waals surface area (Å²) in [5.41, 5.74) is 2.55. The van der Waals surface area contributed by atoms with Crippen molar-refractivity contribution in [3.8, 4) is 0 Å². The van der Waals surface area contributed by atoms with Gasteiger partial charge in [-0.25, -0.2) is 0 Å². The van der Waals surface area contributed by atoms with Crippen LogP contribution in [0.15, 0.2) is 24.0 Å². The Hall–Kier alpha value is -0.920. The van der Waals surface area contributed by atoms with Crippen LogP contribution in [0, 0.1) is 5.92 Å². The van der Waals surface area contributed by atoms with Gasteiger partial charge in [-0.05, 0) is 18.4 Å². The molecule has 0 atom stereocenters. The molecule has 2 nitrogen and oxygen atoms in total. The third-order valence-corrected chi connectivity index (χ3v) is 3.42. The summed E-state index contributed by atoms with van der Waals surface area (Å²) in [5, 5.41) is 3.25. The second kappa shape index (κ2) is 9.15. The van der Waals surface area contributed by atoms with Gasteiger partial charge in [-0.15, -0.1) is 0 Å². The van der Waals surface area contributed by atoms with E-state index in [9.17, 15) is 0 Å². The van der Waals surface area contributed by atoms with Crippen molar-refractivity contribution in [2.75, 3.05) is 20.6 Å². The zero-order chi connectivity index (χ0) is 13.3. The van der Waals surface area contributed by atoms with Crippen LogP contribution in [0.1, 0.15) is 46.5 Å². The van der Waals surface area contributed by atoms with Crippen molar-refractivity contribution in [1.29, 1.82) is 0 Å². The first-order valence-corrected chi connectivity index (χ1v) is 6.88. The van der Waals surface area contributed by atoms with Crippen LogP contribution in [0.5, 0.6) is 0 Å². The van der Waals surface area contributed by atoms with E-state index in [0.29, 0.717) is 0 Å². The molecule has 0 saturated heterocycles. The Balaban J connectivity index is 4.81. The van der Waals surface area contributed by atoms with Crippen LogP contribution in [0.3, 0.4) is 0 Å². The smallest absolute Gasteiger partial charge is 0.0526 e. The molecule has 0 aromatic rings. The van der Waals surface area contributed by atoms with Gasteiger partial charge in [0.15, 0.2) is 0 Å². The Morgan fingerprint density at radius 1 is 1.29 bits per heavy atom. The van der Waals surface area contributed by atoms with Gasteiger partial charge in [-0.2, -0.15) is 0 Å². The third-order valence-electron chi connectivity index (χ3n) is 3.42. The minimum Gasteiger partial charge on any atom is -0.387 e. The van der Waals surface area contributed by atoms with Crippen molar-refractivity contribution in [3.05, 3.63) is 24.0 Å². The van der Waals surface area contributed by atoms with E-state index in [1.807, 2.05) is 13.1 Å². The summed E-state index contributed by atoms with van der Waals surface area (Å²) >= 11 is 0. The molecule has 0 unspecified atom stereocenters. The zero-order valence-corrected chi connectivity index (χ0v) is 12.3. The van der Waals surface area contributed by atoms with Gasteiger partial charge >= 0.3 is 0 Å². The lowest BCUT2D eigenvalue weighted by Crippen LogP contribution is -2.27. The summed E-state index contributed by atoms with van der Waals surface area (Å²) in [6.07, 6.45) is 6.71. The molecule has 0 fully saturated rings. The van der Waals surface area contributed by atoms with Crippen molar-refractivity contribution < 1.29 is 0 Å². The Bertz CT molecular complexity index is 239. The molecule has 2 heteroatoms. The minimum absolute atomic E-state index is 0.787. The molecule has 1 N–H and O–H groups in total. The molecule has 0 heterocycles. The fourth-order valence-electron chi connectivity index (χ4n) is 2.18. The highest BCUT2D eigenvalue weighted by molar-refractivity contribution is 5.21. The Morgan fingerprint density at radius 3 is 2.24 bits per heavy atom. The Kier molecular flexibility index (Phi) is 8.65. The fourth-order valence-corrected chi connectivity index (χ4v) is 2.18. The molecule has 0 saturated carbocycles. The van der Waals surface area contributed by atoms with E-state index in [-0.39, 0.29) is 0 Å². The monoisotopic (exact) mass is 238 g/mol. The second-order valence-electron chi connectivity index (χ2n) is 4.63. The highest BCUT2D eigenvalue weighted by atomic mass is 15.1. The maximum absolute atomic E-state index is 3.89. The predicted molar refractivity (Wildman–Crippen MR) is 77.9 cm³/mol. The van der Waals surface area contributed by atoms with Crippen LogP contribution in [0.25, 0.3) is 0 Å². The van der Waals surface area contributed by atoms with Crippen LogP contribution >= 0.6 is 0 Å². The van der Waals surface area contributed by atoms with E-state index in [0.717, 1.165) is 18.9 Å². The molecular formula is C15H30N2. The van der Waals surface area contributed by atoms with Crippen molar-refractivity contribution in [1.82, 2.24) is 10.2 Å². The number of rotatable bonds is 9.